The number of nitrogen functional groups attached to an aromatic ring is 1. The van der Waals surface area contributed by atoms with Crippen molar-refractivity contribution in [2.45, 2.75) is 32.4 Å². The van der Waals surface area contributed by atoms with E-state index in [0.29, 0.717) is 36.8 Å². The molecule has 1 aliphatic rings. The second-order valence-electron chi connectivity index (χ2n) is 5.08. The molecule has 0 bridgehead atoms. The Kier molecular flexibility index (Phi) is 4.69. The quantitative estimate of drug-likeness (QED) is 0.808. The summed E-state index contributed by atoms with van der Waals surface area (Å²) in [5.74, 6) is 0.311. The number of aromatic nitrogens is 4. The van der Waals surface area contributed by atoms with Crippen LogP contribution < -0.4 is 10.5 Å². The number of imidazole rings is 1. The molecule has 0 radical (unpaired) electrons. The van der Waals surface area contributed by atoms with Crippen LogP contribution in [0.1, 0.15) is 32.4 Å². The van der Waals surface area contributed by atoms with Gasteiger partial charge in [-0.1, -0.05) is 0 Å². The Hall–Kier alpha value is -1.93. The molecule has 22 heavy (non-hydrogen) atoms. The van der Waals surface area contributed by atoms with Gasteiger partial charge in [0.1, 0.15) is 12.8 Å². The second kappa shape index (κ2) is 6.89. The Morgan fingerprint density at radius 3 is 3.05 bits per heavy atom. The zero-order valence-electron chi connectivity index (χ0n) is 12.7. The average Bonchev–Trinajstić information content (AvgIpc) is 2.97. The van der Waals surface area contributed by atoms with Gasteiger partial charge in [-0.3, -0.25) is 4.57 Å². The van der Waals surface area contributed by atoms with Crippen molar-refractivity contribution in [2.24, 2.45) is 0 Å². The van der Waals surface area contributed by atoms with Crippen LogP contribution in [0.15, 0.2) is 6.33 Å². The highest BCUT2D eigenvalue weighted by atomic mass is 16.5. The van der Waals surface area contributed by atoms with Gasteiger partial charge in [0, 0.05) is 13.2 Å². The SMILES string of the molecule is CCOCCOc1nc(N)c2ncn(C3CCCCO3)c2n1. The van der Waals surface area contributed by atoms with Crippen LogP contribution in [-0.2, 0) is 9.47 Å². The molecule has 3 rings (SSSR count). The molecule has 1 saturated heterocycles. The molecule has 0 aliphatic carbocycles. The van der Waals surface area contributed by atoms with Crippen LogP contribution in [0.5, 0.6) is 6.01 Å². The predicted molar refractivity (Wildman–Crippen MR) is 80.6 cm³/mol. The zero-order valence-corrected chi connectivity index (χ0v) is 12.7. The minimum absolute atomic E-state index is 0.0516. The van der Waals surface area contributed by atoms with E-state index in [4.69, 9.17) is 19.9 Å². The van der Waals surface area contributed by atoms with Crippen molar-refractivity contribution in [1.29, 1.82) is 0 Å². The minimum atomic E-state index is -0.0516. The summed E-state index contributed by atoms with van der Waals surface area (Å²) in [6.45, 7) is 4.21. The molecule has 0 saturated carbocycles. The first-order valence-electron chi connectivity index (χ1n) is 7.61. The van der Waals surface area contributed by atoms with E-state index < -0.39 is 0 Å². The lowest BCUT2D eigenvalue weighted by molar-refractivity contribution is -0.0298. The summed E-state index contributed by atoms with van der Waals surface area (Å²) >= 11 is 0. The van der Waals surface area contributed by atoms with Crippen LogP contribution in [0.3, 0.4) is 0 Å². The third kappa shape index (κ3) is 3.12. The third-order valence-corrected chi connectivity index (χ3v) is 3.56. The maximum Gasteiger partial charge on any atom is 0.320 e. The number of hydrogen-bond acceptors (Lipinski definition) is 7. The van der Waals surface area contributed by atoms with Crippen LogP contribution in [0.2, 0.25) is 0 Å². The number of fused-ring (bicyclic) bond motifs is 1. The first-order chi connectivity index (χ1) is 10.8. The van der Waals surface area contributed by atoms with Crippen LogP contribution in [0.25, 0.3) is 11.2 Å². The van der Waals surface area contributed by atoms with Crippen molar-refractivity contribution < 1.29 is 14.2 Å². The lowest BCUT2D eigenvalue weighted by Gasteiger charge is -2.23. The molecule has 1 fully saturated rings. The van der Waals surface area contributed by atoms with Gasteiger partial charge in [0.2, 0.25) is 0 Å². The van der Waals surface area contributed by atoms with Crippen molar-refractivity contribution in [3.05, 3.63) is 6.33 Å². The summed E-state index contributed by atoms with van der Waals surface area (Å²) in [5.41, 5.74) is 7.17. The van der Waals surface area contributed by atoms with E-state index in [9.17, 15) is 0 Å². The summed E-state index contributed by atoms with van der Waals surface area (Å²) in [6.07, 6.45) is 4.81. The number of hydrogen-bond donors (Lipinski definition) is 1. The summed E-state index contributed by atoms with van der Waals surface area (Å²) in [6, 6.07) is 0.238. The molecule has 1 aliphatic heterocycles. The molecule has 0 amide bonds. The molecule has 1 unspecified atom stereocenters. The number of nitrogens with two attached hydrogens (primary N) is 1. The Morgan fingerprint density at radius 1 is 1.36 bits per heavy atom. The smallest absolute Gasteiger partial charge is 0.320 e. The van der Waals surface area contributed by atoms with Gasteiger partial charge in [-0.25, -0.2) is 4.98 Å². The molecule has 0 spiro atoms. The molecule has 2 N–H and O–H groups in total. The van der Waals surface area contributed by atoms with Gasteiger partial charge in [-0.15, -0.1) is 0 Å². The van der Waals surface area contributed by atoms with E-state index in [-0.39, 0.29) is 12.2 Å². The molecule has 120 valence electrons. The van der Waals surface area contributed by atoms with Gasteiger partial charge in [0.25, 0.3) is 0 Å². The molecule has 0 aromatic carbocycles. The maximum absolute atomic E-state index is 5.95. The molecule has 3 heterocycles. The average molecular weight is 307 g/mol. The van der Waals surface area contributed by atoms with E-state index in [1.54, 1.807) is 6.33 Å². The highest BCUT2D eigenvalue weighted by Gasteiger charge is 2.20. The first kappa shape index (κ1) is 15.0. The van der Waals surface area contributed by atoms with Gasteiger partial charge in [0.15, 0.2) is 17.0 Å². The summed E-state index contributed by atoms with van der Waals surface area (Å²) in [5, 5.41) is 0. The molecule has 8 heteroatoms. The molecule has 1 atom stereocenters. The highest BCUT2D eigenvalue weighted by Crippen LogP contribution is 2.27. The van der Waals surface area contributed by atoms with E-state index in [0.717, 1.165) is 25.9 Å². The lowest BCUT2D eigenvalue weighted by atomic mass is 10.2. The second-order valence-corrected chi connectivity index (χ2v) is 5.08. The fourth-order valence-corrected chi connectivity index (χ4v) is 2.47. The highest BCUT2D eigenvalue weighted by molar-refractivity contribution is 5.81. The molecular weight excluding hydrogens is 286 g/mol. The molecule has 2 aromatic heterocycles. The van der Waals surface area contributed by atoms with Crippen LogP contribution >= 0.6 is 0 Å². The number of nitrogens with zero attached hydrogens (tertiary/aromatic N) is 4. The third-order valence-electron chi connectivity index (χ3n) is 3.56. The normalized spacial score (nSPS) is 18.7. The topological polar surface area (TPSA) is 97.3 Å². The summed E-state index contributed by atoms with van der Waals surface area (Å²) in [7, 11) is 0. The molecular formula is C14H21N5O3. The van der Waals surface area contributed by atoms with Crippen molar-refractivity contribution in [3.63, 3.8) is 0 Å². The number of rotatable bonds is 6. The molecule has 2 aromatic rings. The summed E-state index contributed by atoms with van der Waals surface area (Å²) < 4.78 is 18.4. The van der Waals surface area contributed by atoms with Crippen LogP contribution in [-0.4, -0.2) is 45.9 Å². The predicted octanol–water partition coefficient (Wildman–Crippen LogP) is 1.52. The van der Waals surface area contributed by atoms with Crippen molar-refractivity contribution in [2.75, 3.05) is 32.2 Å². The van der Waals surface area contributed by atoms with Gasteiger partial charge >= 0.3 is 6.01 Å². The Bertz CT molecular complexity index is 624. The van der Waals surface area contributed by atoms with E-state index in [1.807, 2.05) is 11.5 Å². The minimum Gasteiger partial charge on any atom is -0.461 e. The lowest BCUT2D eigenvalue weighted by Crippen LogP contribution is -2.18. The monoisotopic (exact) mass is 307 g/mol. The van der Waals surface area contributed by atoms with E-state index in [1.165, 1.54) is 0 Å². The fraction of sp³-hybridized carbons (Fsp3) is 0.643. The Morgan fingerprint density at radius 2 is 2.27 bits per heavy atom. The van der Waals surface area contributed by atoms with Crippen LogP contribution in [0.4, 0.5) is 5.82 Å². The first-order valence-corrected chi connectivity index (χ1v) is 7.61. The number of anilines is 1. The number of ether oxygens (including phenoxy) is 3. The zero-order chi connectivity index (χ0) is 15.4. The van der Waals surface area contributed by atoms with Gasteiger partial charge < -0.3 is 19.9 Å². The van der Waals surface area contributed by atoms with Crippen LogP contribution in [0, 0.1) is 0 Å². The van der Waals surface area contributed by atoms with Crippen molar-refractivity contribution in [3.8, 4) is 6.01 Å². The van der Waals surface area contributed by atoms with Gasteiger partial charge in [-0.2, -0.15) is 9.97 Å². The Balaban J connectivity index is 1.83. The van der Waals surface area contributed by atoms with E-state index >= 15 is 0 Å². The molecule has 8 nitrogen and oxygen atoms in total. The fourth-order valence-electron chi connectivity index (χ4n) is 2.47. The van der Waals surface area contributed by atoms with Gasteiger partial charge in [0.05, 0.1) is 12.9 Å². The largest absolute Gasteiger partial charge is 0.461 e. The van der Waals surface area contributed by atoms with Crippen molar-refractivity contribution in [1.82, 2.24) is 19.5 Å². The van der Waals surface area contributed by atoms with E-state index in [2.05, 4.69) is 15.0 Å². The standard InChI is InChI=1S/C14H21N5O3/c1-2-20-7-8-22-14-17-12(15)11-13(18-14)19(9-16-11)10-5-3-4-6-21-10/h9-10H,2-8H2,1H3,(H2,15,17,18). The van der Waals surface area contributed by atoms with Crippen molar-refractivity contribution >= 4 is 17.0 Å². The van der Waals surface area contributed by atoms with Gasteiger partial charge in [-0.05, 0) is 26.2 Å². The maximum atomic E-state index is 5.95. The summed E-state index contributed by atoms with van der Waals surface area (Å²) in [4.78, 5) is 12.8. The Labute approximate surface area is 128 Å².